The first-order valence-corrected chi connectivity index (χ1v) is 6.54. The highest BCUT2D eigenvalue weighted by Gasteiger charge is 2.14. The number of hydrogen-bond donors (Lipinski definition) is 4. The van der Waals surface area contributed by atoms with Crippen molar-refractivity contribution in [3.05, 3.63) is 44.7 Å². The Morgan fingerprint density at radius 2 is 2.19 bits per heavy atom. The zero-order valence-corrected chi connectivity index (χ0v) is 11.6. The van der Waals surface area contributed by atoms with Gasteiger partial charge in [0.1, 0.15) is 10.7 Å². The molecular weight excluding hydrogens is 298 g/mol. The van der Waals surface area contributed by atoms with Crippen LogP contribution in [-0.4, -0.2) is 22.4 Å². The van der Waals surface area contributed by atoms with Gasteiger partial charge in [0.15, 0.2) is 0 Å². The van der Waals surface area contributed by atoms with Gasteiger partial charge in [0.25, 0.3) is 11.2 Å². The minimum absolute atomic E-state index is 0.0471. The van der Waals surface area contributed by atoms with Gasteiger partial charge < -0.3 is 16.0 Å². The van der Waals surface area contributed by atoms with Crippen LogP contribution in [0, 0.1) is 10.1 Å². The lowest BCUT2D eigenvalue weighted by Gasteiger charge is -2.06. The number of aromatic amines is 1. The van der Waals surface area contributed by atoms with Crippen LogP contribution in [-0.2, 0) is 0 Å². The second-order valence-electron chi connectivity index (χ2n) is 3.87. The minimum atomic E-state index is -0.541. The molecule has 1 heterocycles. The summed E-state index contributed by atoms with van der Waals surface area (Å²) in [6.07, 6.45) is 0. The summed E-state index contributed by atoms with van der Waals surface area (Å²) >= 11 is 0.977. The summed E-state index contributed by atoms with van der Waals surface area (Å²) < 4.78 is 2.47. The Balaban J connectivity index is 2.28. The number of nitro benzene ring substituents is 1. The quantitative estimate of drug-likeness (QED) is 0.506. The van der Waals surface area contributed by atoms with Crippen LogP contribution in [0.4, 0.5) is 26.9 Å². The molecule has 110 valence electrons. The number of aromatic nitrogens is 1. The smallest absolute Gasteiger partial charge is 0.319 e. The molecule has 21 heavy (non-hydrogen) atoms. The van der Waals surface area contributed by atoms with Crippen LogP contribution in [0.15, 0.2) is 29.1 Å². The van der Waals surface area contributed by atoms with Gasteiger partial charge in [-0.15, -0.1) is 0 Å². The Morgan fingerprint density at radius 1 is 1.43 bits per heavy atom. The third-order valence-corrected chi connectivity index (χ3v) is 3.28. The molecule has 0 aliphatic rings. The number of carbonyl (C=O) groups excluding carboxylic acids is 1. The fourth-order valence-electron chi connectivity index (χ4n) is 1.51. The highest BCUT2D eigenvalue weighted by Crippen LogP contribution is 2.27. The monoisotopic (exact) mass is 309 g/mol. The molecule has 2 aromatic rings. The highest BCUT2D eigenvalue weighted by molar-refractivity contribution is 7.11. The van der Waals surface area contributed by atoms with E-state index in [0.717, 1.165) is 11.5 Å². The Labute approximate surface area is 122 Å². The zero-order chi connectivity index (χ0) is 15.4. The number of benzene rings is 1. The van der Waals surface area contributed by atoms with E-state index in [1.807, 2.05) is 0 Å². The molecule has 0 bridgehead atoms. The number of nitro groups is 1. The molecule has 0 fully saturated rings. The van der Waals surface area contributed by atoms with Gasteiger partial charge >= 0.3 is 6.03 Å². The molecule has 0 aliphatic carbocycles. The van der Waals surface area contributed by atoms with Crippen molar-refractivity contribution in [2.24, 2.45) is 0 Å². The lowest BCUT2D eigenvalue weighted by Crippen LogP contribution is -2.27. The summed E-state index contributed by atoms with van der Waals surface area (Å²) in [5.41, 5.74) is -0.0644. The highest BCUT2D eigenvalue weighted by atomic mass is 32.1. The van der Waals surface area contributed by atoms with Crippen molar-refractivity contribution < 1.29 is 9.72 Å². The average molecular weight is 309 g/mol. The number of non-ortho nitro benzene ring substituents is 1. The standard InChI is InChI=1S/C11H11N5O4S/c1-12-11(18)14-8-9(17)15-21-10(8)13-6-3-2-4-7(5-6)16(19)20/h2-5,13H,1H3,(H,15,17)(H2,12,14,18). The second-order valence-corrected chi connectivity index (χ2v) is 4.69. The molecule has 0 unspecified atom stereocenters. The molecule has 0 saturated heterocycles. The maximum absolute atomic E-state index is 11.6. The molecule has 0 atom stereocenters. The van der Waals surface area contributed by atoms with Crippen LogP contribution < -0.4 is 21.5 Å². The maximum atomic E-state index is 11.6. The van der Waals surface area contributed by atoms with Crippen LogP contribution in [0.5, 0.6) is 0 Å². The number of urea groups is 1. The van der Waals surface area contributed by atoms with Crippen molar-refractivity contribution in [1.82, 2.24) is 9.69 Å². The first-order valence-electron chi connectivity index (χ1n) is 5.73. The van der Waals surface area contributed by atoms with Crippen LogP contribution in [0.2, 0.25) is 0 Å². The van der Waals surface area contributed by atoms with Gasteiger partial charge in [-0.3, -0.25) is 19.3 Å². The van der Waals surface area contributed by atoms with Gasteiger partial charge in [-0.05, 0) is 17.6 Å². The van der Waals surface area contributed by atoms with E-state index in [4.69, 9.17) is 0 Å². The molecular formula is C11H11N5O4S. The molecule has 2 rings (SSSR count). The van der Waals surface area contributed by atoms with Gasteiger partial charge in [-0.1, -0.05) is 6.07 Å². The fourth-order valence-corrected chi connectivity index (χ4v) is 2.22. The number of rotatable bonds is 4. The molecule has 1 aromatic heterocycles. The van der Waals surface area contributed by atoms with E-state index in [0.29, 0.717) is 10.7 Å². The number of nitrogens with zero attached hydrogens (tertiary/aromatic N) is 1. The maximum Gasteiger partial charge on any atom is 0.319 e. The summed E-state index contributed by atoms with van der Waals surface area (Å²) in [5, 5.41) is 18.6. The van der Waals surface area contributed by atoms with E-state index in [1.165, 1.54) is 25.2 Å². The topological polar surface area (TPSA) is 129 Å². The largest absolute Gasteiger partial charge is 0.344 e. The van der Waals surface area contributed by atoms with Crippen molar-refractivity contribution in [2.75, 3.05) is 17.7 Å². The van der Waals surface area contributed by atoms with E-state index < -0.39 is 16.5 Å². The molecule has 0 radical (unpaired) electrons. The summed E-state index contributed by atoms with van der Waals surface area (Å²) in [5.74, 6) is 0. The van der Waals surface area contributed by atoms with Gasteiger partial charge in [0.2, 0.25) is 0 Å². The van der Waals surface area contributed by atoms with Crippen LogP contribution in [0.25, 0.3) is 0 Å². The van der Waals surface area contributed by atoms with E-state index in [9.17, 15) is 19.7 Å². The van der Waals surface area contributed by atoms with E-state index in [-0.39, 0.29) is 11.4 Å². The lowest BCUT2D eigenvalue weighted by atomic mass is 10.3. The number of H-pyrrole nitrogens is 1. The predicted molar refractivity (Wildman–Crippen MR) is 79.4 cm³/mol. The minimum Gasteiger partial charge on any atom is -0.344 e. The third-order valence-electron chi connectivity index (χ3n) is 2.48. The normalized spacial score (nSPS) is 9.95. The molecule has 0 saturated carbocycles. The summed E-state index contributed by atoms with van der Waals surface area (Å²) in [7, 11) is 1.42. The Bertz CT molecular complexity index is 738. The number of amides is 2. The number of carbonyl (C=O) groups is 1. The third kappa shape index (κ3) is 3.36. The van der Waals surface area contributed by atoms with Crippen molar-refractivity contribution in [3.63, 3.8) is 0 Å². The zero-order valence-electron chi connectivity index (χ0n) is 10.8. The van der Waals surface area contributed by atoms with E-state index in [1.54, 1.807) is 6.07 Å². The number of hydrogen-bond acceptors (Lipinski definition) is 6. The van der Waals surface area contributed by atoms with Crippen LogP contribution in [0.3, 0.4) is 0 Å². The first-order chi connectivity index (χ1) is 10.0. The van der Waals surface area contributed by atoms with E-state index in [2.05, 4.69) is 20.3 Å². The van der Waals surface area contributed by atoms with Gasteiger partial charge in [0.05, 0.1) is 4.92 Å². The SMILES string of the molecule is CNC(=O)Nc1c(Nc2cccc([N+](=O)[O-])c2)s[nH]c1=O. The Morgan fingerprint density at radius 3 is 2.86 bits per heavy atom. The average Bonchev–Trinajstić information content (AvgIpc) is 2.80. The predicted octanol–water partition coefficient (Wildman–Crippen LogP) is 1.84. The first kappa shape index (κ1) is 14.5. The summed E-state index contributed by atoms with van der Waals surface area (Å²) in [6, 6.07) is 5.27. The van der Waals surface area contributed by atoms with Crippen LogP contribution >= 0.6 is 11.5 Å². The molecule has 10 heteroatoms. The lowest BCUT2D eigenvalue weighted by molar-refractivity contribution is -0.384. The van der Waals surface area contributed by atoms with Gasteiger partial charge in [-0.2, -0.15) is 0 Å². The van der Waals surface area contributed by atoms with Crippen molar-refractivity contribution in [2.45, 2.75) is 0 Å². The molecule has 9 nitrogen and oxygen atoms in total. The fraction of sp³-hybridized carbons (Fsp3) is 0.0909. The Kier molecular flexibility index (Phi) is 4.18. The van der Waals surface area contributed by atoms with E-state index >= 15 is 0 Å². The molecule has 2 amide bonds. The van der Waals surface area contributed by atoms with Crippen molar-refractivity contribution in [3.8, 4) is 0 Å². The molecule has 0 spiro atoms. The Hall–Kier alpha value is -2.88. The summed E-state index contributed by atoms with van der Waals surface area (Å²) in [6.45, 7) is 0. The molecule has 1 aromatic carbocycles. The number of nitrogens with one attached hydrogen (secondary N) is 4. The molecule has 4 N–H and O–H groups in total. The van der Waals surface area contributed by atoms with Gasteiger partial charge in [0, 0.05) is 24.9 Å². The summed E-state index contributed by atoms with van der Waals surface area (Å²) in [4.78, 5) is 33.1. The van der Waals surface area contributed by atoms with Crippen LogP contribution in [0.1, 0.15) is 0 Å². The number of anilines is 3. The molecule has 0 aliphatic heterocycles. The van der Waals surface area contributed by atoms with Crippen molar-refractivity contribution >= 4 is 39.6 Å². The van der Waals surface area contributed by atoms with Crippen molar-refractivity contribution in [1.29, 1.82) is 0 Å². The second kappa shape index (κ2) is 6.05. The van der Waals surface area contributed by atoms with Gasteiger partial charge in [-0.25, -0.2) is 4.79 Å².